The summed E-state index contributed by atoms with van der Waals surface area (Å²) in [6, 6.07) is 5.53. The number of hydrogen-bond acceptors (Lipinski definition) is 4. The van der Waals surface area contributed by atoms with E-state index in [-0.39, 0.29) is 11.7 Å². The van der Waals surface area contributed by atoms with E-state index in [2.05, 4.69) is 0 Å². The van der Waals surface area contributed by atoms with Gasteiger partial charge in [-0.15, -0.1) is 0 Å². The van der Waals surface area contributed by atoms with Gasteiger partial charge in [0.1, 0.15) is 0 Å². The number of hydrogen-bond donors (Lipinski definition) is 0. The van der Waals surface area contributed by atoms with E-state index in [4.69, 9.17) is 0 Å². The van der Waals surface area contributed by atoms with E-state index in [1.807, 2.05) is 19.0 Å². The molecule has 1 saturated heterocycles. The molecule has 1 aromatic carbocycles. The Morgan fingerprint density at radius 2 is 1.86 bits per heavy atom. The number of benzene rings is 1. The van der Waals surface area contributed by atoms with Crippen molar-refractivity contribution >= 4 is 15.5 Å². The first kappa shape index (κ1) is 17.1. The second-order valence-corrected chi connectivity index (χ2v) is 7.53. The molecule has 1 atom stereocenters. The van der Waals surface area contributed by atoms with Crippen LogP contribution in [0.25, 0.3) is 0 Å². The number of nitrogens with zero attached hydrogens (tertiary/aromatic N) is 2. The first-order chi connectivity index (χ1) is 10.1. The van der Waals surface area contributed by atoms with Gasteiger partial charge in [-0.05, 0) is 39.1 Å². The van der Waals surface area contributed by atoms with Crippen molar-refractivity contribution in [2.24, 2.45) is 0 Å². The van der Waals surface area contributed by atoms with Gasteiger partial charge in [-0.25, -0.2) is 8.42 Å². The average Bonchev–Trinajstić information content (AvgIpc) is 2.46. The summed E-state index contributed by atoms with van der Waals surface area (Å²) < 4.78 is 62.1. The molecule has 1 fully saturated rings. The van der Waals surface area contributed by atoms with Crippen LogP contribution in [0.1, 0.15) is 12.8 Å². The van der Waals surface area contributed by atoms with Crippen molar-refractivity contribution in [1.82, 2.24) is 4.90 Å². The summed E-state index contributed by atoms with van der Waals surface area (Å²) in [6.45, 7) is 1.06. The summed E-state index contributed by atoms with van der Waals surface area (Å²) in [5.41, 5.74) is -5.16. The molecule has 0 unspecified atom stereocenters. The number of anilines is 1. The van der Waals surface area contributed by atoms with Gasteiger partial charge in [-0.1, -0.05) is 12.1 Å². The monoisotopic (exact) mass is 336 g/mol. The maximum atomic E-state index is 12.9. The smallest absolute Gasteiger partial charge is 0.369 e. The fourth-order valence-corrected chi connectivity index (χ4v) is 3.64. The van der Waals surface area contributed by atoms with Crippen molar-refractivity contribution in [3.63, 3.8) is 0 Å². The lowest BCUT2D eigenvalue weighted by Crippen LogP contribution is -2.45. The molecule has 1 heterocycles. The summed E-state index contributed by atoms with van der Waals surface area (Å²) in [4.78, 5) is 3.07. The lowest BCUT2D eigenvalue weighted by Gasteiger charge is -2.38. The summed E-state index contributed by atoms with van der Waals surface area (Å²) in [7, 11) is -1.53. The fraction of sp³-hybridized carbons (Fsp3) is 0.571. The minimum atomic E-state index is -5.35. The van der Waals surface area contributed by atoms with Gasteiger partial charge in [0.2, 0.25) is 0 Å². The Hall–Kier alpha value is -1.28. The number of sulfone groups is 1. The van der Waals surface area contributed by atoms with Crippen molar-refractivity contribution in [2.75, 3.05) is 32.1 Å². The first-order valence-electron chi connectivity index (χ1n) is 6.96. The van der Waals surface area contributed by atoms with Gasteiger partial charge in [0.25, 0.3) is 9.84 Å². The quantitative estimate of drug-likeness (QED) is 0.850. The van der Waals surface area contributed by atoms with Crippen LogP contribution >= 0.6 is 0 Å². The molecule has 0 bridgehead atoms. The predicted molar refractivity (Wildman–Crippen MR) is 78.6 cm³/mol. The van der Waals surface area contributed by atoms with Crippen LogP contribution in [0.3, 0.4) is 0 Å². The molecule has 0 radical (unpaired) electrons. The van der Waals surface area contributed by atoms with Crippen LogP contribution in [0.5, 0.6) is 0 Å². The van der Waals surface area contributed by atoms with Crippen LogP contribution in [0.4, 0.5) is 18.9 Å². The van der Waals surface area contributed by atoms with Gasteiger partial charge in [0, 0.05) is 19.1 Å². The molecule has 2 rings (SSSR count). The summed E-state index contributed by atoms with van der Waals surface area (Å²) >= 11 is 0. The van der Waals surface area contributed by atoms with E-state index in [0.29, 0.717) is 13.1 Å². The SMILES string of the molecule is CN(C)[C@H]1CCCN(c2ccccc2S(=O)(=O)C(F)(F)F)C1. The molecule has 0 N–H and O–H groups in total. The number of likely N-dealkylation sites (N-methyl/N-ethyl adjacent to an activating group) is 1. The van der Waals surface area contributed by atoms with E-state index in [9.17, 15) is 21.6 Å². The Labute approximate surface area is 128 Å². The van der Waals surface area contributed by atoms with Crippen LogP contribution in [0, 0.1) is 0 Å². The molecule has 1 aliphatic heterocycles. The topological polar surface area (TPSA) is 40.6 Å². The lowest BCUT2D eigenvalue weighted by atomic mass is 10.0. The highest BCUT2D eigenvalue weighted by Crippen LogP contribution is 2.36. The Morgan fingerprint density at radius 3 is 2.45 bits per heavy atom. The summed E-state index contributed by atoms with van der Waals surface area (Å²) in [6.07, 6.45) is 1.75. The largest absolute Gasteiger partial charge is 0.501 e. The van der Waals surface area contributed by atoms with Gasteiger partial charge < -0.3 is 9.80 Å². The third-order valence-electron chi connectivity index (χ3n) is 3.93. The third kappa shape index (κ3) is 3.22. The van der Waals surface area contributed by atoms with Crippen LogP contribution in [0.2, 0.25) is 0 Å². The van der Waals surface area contributed by atoms with E-state index >= 15 is 0 Å². The van der Waals surface area contributed by atoms with Gasteiger partial charge >= 0.3 is 5.51 Å². The van der Waals surface area contributed by atoms with E-state index in [1.54, 1.807) is 11.0 Å². The Bertz CT molecular complexity index is 629. The van der Waals surface area contributed by atoms with Crippen LogP contribution in [0.15, 0.2) is 29.2 Å². The second-order valence-electron chi connectivity index (χ2n) is 5.62. The van der Waals surface area contributed by atoms with Crippen LogP contribution in [-0.4, -0.2) is 52.1 Å². The van der Waals surface area contributed by atoms with Crippen molar-refractivity contribution in [3.05, 3.63) is 24.3 Å². The lowest BCUT2D eigenvalue weighted by molar-refractivity contribution is -0.0435. The molecule has 4 nitrogen and oxygen atoms in total. The fourth-order valence-electron chi connectivity index (χ4n) is 2.67. The molecule has 0 aromatic heterocycles. The first-order valence-corrected chi connectivity index (χ1v) is 8.44. The molecule has 22 heavy (non-hydrogen) atoms. The Balaban J connectivity index is 2.41. The van der Waals surface area contributed by atoms with E-state index in [0.717, 1.165) is 18.9 Å². The average molecular weight is 336 g/mol. The number of para-hydroxylation sites is 1. The molecular formula is C14H19F3N2O2S. The standard InChI is InChI=1S/C14H19F3N2O2S/c1-18(2)11-6-5-9-19(10-11)12-7-3-4-8-13(12)22(20,21)14(15,16)17/h3-4,7-8,11H,5-6,9-10H2,1-2H3/t11-/m0/s1. The van der Waals surface area contributed by atoms with Crippen molar-refractivity contribution in [1.29, 1.82) is 0 Å². The second kappa shape index (κ2) is 6.08. The molecule has 1 aliphatic rings. The van der Waals surface area contributed by atoms with Crippen LogP contribution in [-0.2, 0) is 9.84 Å². The molecule has 1 aromatic rings. The third-order valence-corrected chi connectivity index (χ3v) is 5.46. The zero-order valence-corrected chi connectivity index (χ0v) is 13.3. The highest BCUT2D eigenvalue weighted by atomic mass is 32.2. The van der Waals surface area contributed by atoms with Gasteiger partial charge in [0.05, 0.1) is 10.6 Å². The van der Waals surface area contributed by atoms with Gasteiger partial charge in [-0.2, -0.15) is 13.2 Å². The number of rotatable bonds is 3. The maximum Gasteiger partial charge on any atom is 0.501 e. The van der Waals surface area contributed by atoms with E-state index < -0.39 is 20.2 Å². The molecule has 0 amide bonds. The summed E-state index contributed by atoms with van der Waals surface area (Å²) in [5, 5.41) is 0. The molecule has 0 saturated carbocycles. The number of alkyl halides is 3. The number of piperidine rings is 1. The van der Waals surface area contributed by atoms with Crippen LogP contribution < -0.4 is 4.90 Å². The minimum absolute atomic E-state index is 0.131. The zero-order valence-electron chi connectivity index (χ0n) is 12.5. The van der Waals surface area contributed by atoms with Crippen molar-refractivity contribution < 1.29 is 21.6 Å². The molecular weight excluding hydrogens is 317 g/mol. The maximum absolute atomic E-state index is 12.9. The van der Waals surface area contributed by atoms with Crippen molar-refractivity contribution in [2.45, 2.75) is 29.3 Å². The Morgan fingerprint density at radius 1 is 1.23 bits per heavy atom. The Kier molecular flexibility index (Phi) is 4.72. The zero-order chi connectivity index (χ0) is 16.5. The molecule has 8 heteroatoms. The highest BCUT2D eigenvalue weighted by molar-refractivity contribution is 7.92. The molecule has 124 valence electrons. The van der Waals surface area contributed by atoms with Crippen molar-refractivity contribution in [3.8, 4) is 0 Å². The van der Waals surface area contributed by atoms with Gasteiger partial charge in [-0.3, -0.25) is 0 Å². The molecule has 0 aliphatic carbocycles. The van der Waals surface area contributed by atoms with Gasteiger partial charge in [0.15, 0.2) is 0 Å². The number of halogens is 3. The minimum Gasteiger partial charge on any atom is -0.369 e. The predicted octanol–water partition coefficient (Wildman–Crippen LogP) is 2.51. The molecule has 0 spiro atoms. The normalized spacial score (nSPS) is 20.5. The summed E-state index contributed by atoms with van der Waals surface area (Å²) in [5.74, 6) is 0. The highest BCUT2D eigenvalue weighted by Gasteiger charge is 2.48. The van der Waals surface area contributed by atoms with E-state index in [1.165, 1.54) is 12.1 Å².